The molecule has 3 aromatic rings. The Balaban J connectivity index is 0.000000215. The smallest absolute Gasteiger partial charge is 0.359 e. The number of carboxylic acids is 1. The molecular weight excluding hydrogens is 476 g/mol. The number of fused-ring (bicyclic) bond motifs is 3. The van der Waals surface area contributed by atoms with Crippen LogP contribution in [0.2, 0.25) is 0 Å². The second kappa shape index (κ2) is 9.08. The van der Waals surface area contributed by atoms with Crippen LogP contribution >= 0.6 is 0 Å². The molecule has 4 N–H and O–H groups in total. The minimum Gasteiger partial charge on any atom is -0.508 e. The first-order valence-corrected chi connectivity index (χ1v) is 12.6. The van der Waals surface area contributed by atoms with Crippen molar-refractivity contribution in [2.45, 2.75) is 50.8 Å². The summed E-state index contributed by atoms with van der Waals surface area (Å²) < 4.78 is 7.01. The standard InChI is InChI=1S/C21H26N2O3.C7H6O4/c1-3-20-10-6-11-22-12-9-15-14-7-4-5-8-16(14)23(17(15)18(20)22)21(25,13-20)19(24)26-2;8-5-1-4(7(10)11)2-6(9)3-5/h4-5,7-8,18,25H,3,6,9-13H2,1-2H3;1-3,8-9H,(H,10,11)/t18-,20+,21+;/m1./s1. The molecule has 1 fully saturated rings. The van der Waals surface area contributed by atoms with Crippen LogP contribution in [0.5, 0.6) is 11.5 Å². The third kappa shape index (κ3) is 3.84. The molecule has 0 unspecified atom stereocenters. The molecule has 0 amide bonds. The maximum Gasteiger partial charge on any atom is 0.359 e. The molecule has 0 radical (unpaired) electrons. The van der Waals surface area contributed by atoms with Crippen LogP contribution in [0.3, 0.4) is 0 Å². The van der Waals surface area contributed by atoms with E-state index in [-0.39, 0.29) is 28.5 Å². The van der Waals surface area contributed by atoms with E-state index in [4.69, 9.17) is 20.1 Å². The number of piperidine rings is 1. The first kappa shape index (κ1) is 25.1. The molecule has 9 heteroatoms. The molecule has 0 bridgehead atoms. The molecule has 4 heterocycles. The van der Waals surface area contributed by atoms with Crippen molar-refractivity contribution in [1.82, 2.24) is 9.47 Å². The van der Waals surface area contributed by atoms with E-state index in [2.05, 4.69) is 17.9 Å². The molecule has 0 spiro atoms. The first-order chi connectivity index (χ1) is 17.6. The predicted octanol–water partition coefficient (Wildman–Crippen LogP) is 3.75. The zero-order chi connectivity index (χ0) is 26.5. The van der Waals surface area contributed by atoms with Gasteiger partial charge < -0.3 is 29.7 Å². The summed E-state index contributed by atoms with van der Waals surface area (Å²) in [5.74, 6) is -2.25. The van der Waals surface area contributed by atoms with E-state index in [1.54, 1.807) is 0 Å². The number of carboxylic acid groups (broad SMARTS) is 1. The van der Waals surface area contributed by atoms with Crippen LogP contribution in [-0.2, 0) is 21.7 Å². The molecule has 0 saturated carbocycles. The Morgan fingerprint density at radius 3 is 2.46 bits per heavy atom. The number of benzene rings is 2. The summed E-state index contributed by atoms with van der Waals surface area (Å²) in [5, 5.41) is 38.9. The van der Waals surface area contributed by atoms with E-state index >= 15 is 0 Å². The van der Waals surface area contributed by atoms with Crippen molar-refractivity contribution in [3.63, 3.8) is 0 Å². The van der Waals surface area contributed by atoms with Gasteiger partial charge in [-0.2, -0.15) is 0 Å². The zero-order valence-electron chi connectivity index (χ0n) is 21.0. The number of phenolic OH excluding ortho intramolecular Hbond substituents is 2. The monoisotopic (exact) mass is 508 g/mol. The summed E-state index contributed by atoms with van der Waals surface area (Å²) in [7, 11) is 1.37. The van der Waals surface area contributed by atoms with Crippen molar-refractivity contribution in [2.24, 2.45) is 5.41 Å². The van der Waals surface area contributed by atoms with Crippen molar-refractivity contribution in [2.75, 3.05) is 20.2 Å². The lowest BCUT2D eigenvalue weighted by Crippen LogP contribution is -2.60. The summed E-state index contributed by atoms with van der Waals surface area (Å²) in [6.45, 7) is 4.36. The van der Waals surface area contributed by atoms with Gasteiger partial charge >= 0.3 is 11.9 Å². The first-order valence-electron chi connectivity index (χ1n) is 12.6. The molecule has 2 aromatic carbocycles. The highest BCUT2D eigenvalue weighted by atomic mass is 16.5. The summed E-state index contributed by atoms with van der Waals surface area (Å²) in [4.78, 5) is 25.7. The molecule has 3 aliphatic rings. The van der Waals surface area contributed by atoms with Gasteiger partial charge in [0.2, 0.25) is 5.72 Å². The minimum absolute atomic E-state index is 0.0826. The fourth-order valence-electron chi connectivity index (χ4n) is 6.82. The number of hydrogen-bond acceptors (Lipinski definition) is 7. The lowest BCUT2D eigenvalue weighted by atomic mass is 9.62. The number of methoxy groups -OCH3 is 1. The van der Waals surface area contributed by atoms with Gasteiger partial charge in [0.1, 0.15) is 11.5 Å². The summed E-state index contributed by atoms with van der Waals surface area (Å²) in [6, 6.07) is 11.6. The van der Waals surface area contributed by atoms with Crippen molar-refractivity contribution in [1.29, 1.82) is 0 Å². The van der Waals surface area contributed by atoms with Crippen molar-refractivity contribution >= 4 is 22.8 Å². The highest BCUT2D eigenvalue weighted by Gasteiger charge is 2.60. The van der Waals surface area contributed by atoms with E-state index < -0.39 is 17.7 Å². The van der Waals surface area contributed by atoms with E-state index in [9.17, 15) is 14.7 Å². The second-order valence-corrected chi connectivity index (χ2v) is 10.3. The number of esters is 1. The van der Waals surface area contributed by atoms with E-state index in [1.165, 1.54) is 18.1 Å². The van der Waals surface area contributed by atoms with Crippen LogP contribution in [0.1, 0.15) is 60.3 Å². The van der Waals surface area contributed by atoms with Gasteiger partial charge in [-0.15, -0.1) is 0 Å². The number of aliphatic hydroxyl groups is 1. The van der Waals surface area contributed by atoms with Gasteiger partial charge in [-0.1, -0.05) is 25.1 Å². The summed E-state index contributed by atoms with van der Waals surface area (Å²) >= 11 is 0. The van der Waals surface area contributed by atoms with Gasteiger partial charge in [-0.05, 0) is 61.4 Å². The molecule has 9 nitrogen and oxygen atoms in total. The van der Waals surface area contributed by atoms with Crippen LogP contribution in [0.25, 0.3) is 10.9 Å². The molecular formula is C28H32N2O7. The number of aromatic carboxylic acids is 1. The van der Waals surface area contributed by atoms with E-state index in [1.807, 2.05) is 22.8 Å². The number of hydrogen-bond donors (Lipinski definition) is 4. The highest BCUT2D eigenvalue weighted by molar-refractivity contribution is 5.90. The maximum absolute atomic E-state index is 12.8. The Morgan fingerprint density at radius 2 is 1.81 bits per heavy atom. The average molecular weight is 509 g/mol. The number of carbonyl (C=O) groups excluding carboxylic acids is 1. The molecule has 37 heavy (non-hydrogen) atoms. The van der Waals surface area contributed by atoms with Gasteiger partial charge in [-0.3, -0.25) is 4.90 Å². The normalized spacial score (nSPS) is 26.1. The third-order valence-electron chi connectivity index (χ3n) is 8.33. The Hall–Kier alpha value is -3.56. The van der Waals surface area contributed by atoms with Gasteiger partial charge in [0.15, 0.2) is 0 Å². The maximum atomic E-state index is 12.8. The van der Waals surface area contributed by atoms with Crippen LogP contribution < -0.4 is 0 Å². The van der Waals surface area contributed by atoms with E-state index in [0.717, 1.165) is 68.2 Å². The van der Waals surface area contributed by atoms with Crippen molar-refractivity contribution in [3.05, 3.63) is 59.3 Å². The average Bonchev–Trinajstić information content (AvgIpc) is 3.23. The molecule has 196 valence electrons. The fourth-order valence-corrected chi connectivity index (χ4v) is 6.82. The topological polar surface area (TPSA) is 132 Å². The zero-order valence-corrected chi connectivity index (χ0v) is 21.0. The number of para-hydroxylation sites is 1. The number of rotatable bonds is 3. The Labute approximate surface area is 214 Å². The number of nitrogens with zero attached hydrogens (tertiary/aromatic N) is 2. The fraction of sp³-hybridized carbons (Fsp3) is 0.429. The molecule has 3 atom stereocenters. The van der Waals surface area contributed by atoms with Crippen molar-refractivity contribution in [3.8, 4) is 11.5 Å². The highest BCUT2D eigenvalue weighted by Crippen LogP contribution is 2.60. The molecule has 1 saturated heterocycles. The number of ether oxygens (including phenoxy) is 1. The largest absolute Gasteiger partial charge is 0.508 e. The summed E-state index contributed by atoms with van der Waals surface area (Å²) in [5.41, 5.74) is 1.56. The second-order valence-electron chi connectivity index (χ2n) is 10.3. The van der Waals surface area contributed by atoms with Crippen LogP contribution in [0.15, 0.2) is 42.5 Å². The quantitative estimate of drug-likeness (QED) is 0.393. The van der Waals surface area contributed by atoms with Crippen LogP contribution in [0.4, 0.5) is 0 Å². The lowest BCUT2D eigenvalue weighted by Gasteiger charge is -2.57. The van der Waals surface area contributed by atoms with Gasteiger partial charge in [0, 0.05) is 30.1 Å². The third-order valence-corrected chi connectivity index (χ3v) is 8.33. The van der Waals surface area contributed by atoms with Crippen molar-refractivity contribution < 1.29 is 34.8 Å². The Bertz CT molecular complexity index is 1360. The Kier molecular flexibility index (Phi) is 6.16. The van der Waals surface area contributed by atoms with Crippen LogP contribution in [0, 0.1) is 5.41 Å². The molecule has 0 aliphatic carbocycles. The number of carbonyl (C=O) groups is 2. The number of phenols is 2. The van der Waals surface area contributed by atoms with Gasteiger partial charge in [0.05, 0.1) is 24.2 Å². The SMILES string of the molecule is CC[C@]12CCCN3CCc4c(n(c5ccccc45)[C@@](O)(C(=O)OC)C1)[C@@H]32.O=C(O)c1cc(O)cc(O)c1. The van der Waals surface area contributed by atoms with Gasteiger partial charge in [-0.25, -0.2) is 9.59 Å². The molecule has 6 rings (SSSR count). The van der Waals surface area contributed by atoms with Crippen LogP contribution in [-0.4, -0.2) is 62.0 Å². The summed E-state index contributed by atoms with van der Waals surface area (Å²) in [6.07, 6.45) is 4.52. The molecule has 1 aromatic heterocycles. The minimum atomic E-state index is -1.63. The Morgan fingerprint density at radius 1 is 1.11 bits per heavy atom. The van der Waals surface area contributed by atoms with Gasteiger partial charge in [0.25, 0.3) is 0 Å². The number of aromatic nitrogens is 1. The lowest BCUT2D eigenvalue weighted by molar-refractivity contribution is -0.194. The molecule has 3 aliphatic heterocycles. The predicted molar refractivity (Wildman–Crippen MR) is 135 cm³/mol. The number of aromatic hydroxyl groups is 2. The van der Waals surface area contributed by atoms with E-state index in [0.29, 0.717) is 6.42 Å².